The number of hydrogen-bond acceptors (Lipinski definition) is 6. The number of hydrogen-bond donors (Lipinski definition) is 2. The number of nitrogens with one attached hydrogen (secondary N) is 1. The van der Waals surface area contributed by atoms with Gasteiger partial charge in [-0.1, -0.05) is 13.8 Å². The molecule has 0 aliphatic carbocycles. The van der Waals surface area contributed by atoms with Crippen molar-refractivity contribution >= 4 is 21.6 Å². The van der Waals surface area contributed by atoms with Crippen molar-refractivity contribution in [3.05, 3.63) is 36.8 Å². The summed E-state index contributed by atoms with van der Waals surface area (Å²) >= 11 is 0. The zero-order valence-electron chi connectivity index (χ0n) is 14.0. The molecule has 0 radical (unpaired) electrons. The van der Waals surface area contributed by atoms with Gasteiger partial charge in [0.15, 0.2) is 5.65 Å². The van der Waals surface area contributed by atoms with Gasteiger partial charge in [0.1, 0.15) is 4.90 Å². The summed E-state index contributed by atoms with van der Waals surface area (Å²) in [6.07, 6.45) is 5.46. The van der Waals surface area contributed by atoms with Crippen molar-refractivity contribution in [1.82, 2.24) is 24.3 Å². The van der Waals surface area contributed by atoms with Gasteiger partial charge in [0.25, 0.3) is 0 Å². The van der Waals surface area contributed by atoms with E-state index < -0.39 is 10.0 Å². The molecule has 25 heavy (non-hydrogen) atoms. The minimum absolute atomic E-state index is 0.131. The molecule has 3 heterocycles. The third-order valence-electron chi connectivity index (χ3n) is 3.72. The van der Waals surface area contributed by atoms with Crippen molar-refractivity contribution in [1.29, 1.82) is 0 Å². The summed E-state index contributed by atoms with van der Waals surface area (Å²) in [6, 6.07) is 5.18. The quantitative estimate of drug-likeness (QED) is 0.691. The molecular formula is C16H20N6O2S. The molecule has 0 amide bonds. The van der Waals surface area contributed by atoms with Crippen molar-refractivity contribution in [2.45, 2.75) is 25.2 Å². The lowest BCUT2D eigenvalue weighted by Gasteiger charge is -2.09. The molecule has 3 aromatic rings. The lowest BCUT2D eigenvalue weighted by molar-refractivity contribution is 0.551. The van der Waals surface area contributed by atoms with Crippen molar-refractivity contribution in [2.24, 2.45) is 5.92 Å². The van der Waals surface area contributed by atoms with Gasteiger partial charge in [0.05, 0.1) is 0 Å². The zero-order chi connectivity index (χ0) is 18.0. The van der Waals surface area contributed by atoms with Crippen LogP contribution < -0.4 is 10.5 Å². The summed E-state index contributed by atoms with van der Waals surface area (Å²) < 4.78 is 29.0. The minimum Gasteiger partial charge on any atom is -0.366 e. The van der Waals surface area contributed by atoms with Crippen LogP contribution in [0, 0.1) is 5.92 Å². The first-order valence-corrected chi connectivity index (χ1v) is 9.40. The van der Waals surface area contributed by atoms with Crippen LogP contribution in [0.3, 0.4) is 0 Å². The van der Waals surface area contributed by atoms with Gasteiger partial charge < -0.3 is 5.73 Å². The van der Waals surface area contributed by atoms with E-state index in [9.17, 15) is 8.42 Å². The highest BCUT2D eigenvalue weighted by molar-refractivity contribution is 7.89. The Morgan fingerprint density at radius 1 is 1.24 bits per heavy atom. The lowest BCUT2D eigenvalue weighted by atomic mass is 10.1. The summed E-state index contributed by atoms with van der Waals surface area (Å²) in [7, 11) is -3.59. The van der Waals surface area contributed by atoms with E-state index in [1.165, 1.54) is 6.20 Å². The van der Waals surface area contributed by atoms with Crippen LogP contribution in [-0.2, 0) is 10.0 Å². The van der Waals surface area contributed by atoms with E-state index in [4.69, 9.17) is 5.73 Å². The van der Waals surface area contributed by atoms with Gasteiger partial charge in [-0.2, -0.15) is 4.98 Å². The van der Waals surface area contributed by atoms with Crippen LogP contribution in [0.1, 0.15) is 20.3 Å². The predicted octanol–water partition coefficient (Wildman–Crippen LogP) is 1.70. The summed E-state index contributed by atoms with van der Waals surface area (Å²) in [6.45, 7) is 4.49. The van der Waals surface area contributed by atoms with Gasteiger partial charge in [-0.05, 0) is 30.5 Å². The zero-order valence-corrected chi connectivity index (χ0v) is 14.9. The fourth-order valence-corrected chi connectivity index (χ4v) is 3.40. The molecule has 3 rings (SSSR count). The molecule has 0 aliphatic heterocycles. The van der Waals surface area contributed by atoms with Gasteiger partial charge in [0.2, 0.25) is 16.0 Å². The molecule has 0 fully saturated rings. The molecule has 0 bridgehead atoms. The summed E-state index contributed by atoms with van der Waals surface area (Å²) in [5, 5.41) is 4.06. The van der Waals surface area contributed by atoms with Crippen molar-refractivity contribution in [2.75, 3.05) is 12.3 Å². The normalized spacial score (nSPS) is 12.1. The lowest BCUT2D eigenvalue weighted by Crippen LogP contribution is -2.25. The third-order valence-corrected chi connectivity index (χ3v) is 5.15. The number of aromatic nitrogens is 4. The Bertz CT molecular complexity index is 997. The Kier molecular flexibility index (Phi) is 4.69. The Balaban J connectivity index is 1.89. The molecule has 0 unspecified atom stereocenters. The van der Waals surface area contributed by atoms with E-state index in [1.807, 2.05) is 19.9 Å². The van der Waals surface area contributed by atoms with E-state index in [-0.39, 0.29) is 10.8 Å². The summed E-state index contributed by atoms with van der Waals surface area (Å²) in [5.74, 6) is 0.606. The number of sulfonamides is 1. The molecule has 0 spiro atoms. The molecule has 3 N–H and O–H groups in total. The molecule has 0 saturated carbocycles. The van der Waals surface area contributed by atoms with E-state index in [2.05, 4.69) is 19.8 Å². The van der Waals surface area contributed by atoms with Crippen LogP contribution in [0.5, 0.6) is 0 Å². The Labute approximate surface area is 146 Å². The van der Waals surface area contributed by atoms with Crippen LogP contribution in [-0.4, -0.2) is 34.5 Å². The molecular weight excluding hydrogens is 340 g/mol. The smallest absolute Gasteiger partial charge is 0.242 e. The fourth-order valence-electron chi connectivity index (χ4n) is 2.36. The van der Waals surface area contributed by atoms with Crippen LogP contribution in [0.25, 0.3) is 16.8 Å². The minimum atomic E-state index is -3.59. The SMILES string of the molecule is CC(C)CCNS(=O)(=O)c1cncc(-c2ccc3nc(N)nn3c2)c1. The average Bonchev–Trinajstić information content (AvgIpc) is 2.93. The highest BCUT2D eigenvalue weighted by Crippen LogP contribution is 2.22. The Hall–Kier alpha value is -2.52. The molecule has 3 aromatic heterocycles. The van der Waals surface area contributed by atoms with Crippen LogP contribution in [0.2, 0.25) is 0 Å². The van der Waals surface area contributed by atoms with Crippen LogP contribution in [0.4, 0.5) is 5.95 Å². The maximum Gasteiger partial charge on any atom is 0.242 e. The monoisotopic (exact) mass is 360 g/mol. The van der Waals surface area contributed by atoms with Gasteiger partial charge in [-0.15, -0.1) is 5.10 Å². The molecule has 8 nitrogen and oxygen atoms in total. The Morgan fingerprint density at radius 2 is 2.04 bits per heavy atom. The number of nitrogen functional groups attached to an aromatic ring is 1. The Morgan fingerprint density at radius 3 is 2.80 bits per heavy atom. The number of nitrogens with two attached hydrogens (primary N) is 1. The second-order valence-corrected chi connectivity index (χ2v) is 7.95. The van der Waals surface area contributed by atoms with E-state index in [0.29, 0.717) is 23.7 Å². The second kappa shape index (κ2) is 6.77. The average molecular weight is 360 g/mol. The first-order chi connectivity index (χ1) is 11.8. The van der Waals surface area contributed by atoms with Crippen molar-refractivity contribution in [3.63, 3.8) is 0 Å². The molecule has 0 aromatic carbocycles. The van der Waals surface area contributed by atoms with E-state index >= 15 is 0 Å². The van der Waals surface area contributed by atoms with Gasteiger partial charge >= 0.3 is 0 Å². The first kappa shape index (κ1) is 17.3. The maximum atomic E-state index is 12.4. The van der Waals surface area contributed by atoms with Crippen LogP contribution in [0.15, 0.2) is 41.7 Å². The maximum absolute atomic E-state index is 12.4. The third kappa shape index (κ3) is 3.94. The number of fused-ring (bicyclic) bond motifs is 1. The first-order valence-electron chi connectivity index (χ1n) is 7.92. The second-order valence-electron chi connectivity index (χ2n) is 6.18. The van der Waals surface area contributed by atoms with E-state index in [0.717, 1.165) is 12.0 Å². The van der Waals surface area contributed by atoms with Crippen molar-refractivity contribution < 1.29 is 8.42 Å². The standard InChI is InChI=1S/C16H20N6O2S/c1-11(2)5-6-19-25(23,24)14-7-13(8-18-9-14)12-3-4-15-20-16(17)21-22(15)10-12/h3-4,7-11,19H,5-6H2,1-2H3,(H2,17,21). The van der Waals surface area contributed by atoms with Gasteiger partial charge in [-0.3, -0.25) is 4.98 Å². The molecule has 132 valence electrons. The summed E-state index contributed by atoms with van der Waals surface area (Å²) in [5.41, 5.74) is 7.64. The van der Waals surface area contributed by atoms with E-state index in [1.54, 1.807) is 29.0 Å². The molecule has 0 atom stereocenters. The fraction of sp³-hybridized carbons (Fsp3) is 0.312. The van der Waals surface area contributed by atoms with Gasteiger partial charge in [0, 0.05) is 36.3 Å². The number of rotatable bonds is 6. The predicted molar refractivity (Wildman–Crippen MR) is 95.3 cm³/mol. The number of anilines is 1. The summed E-state index contributed by atoms with van der Waals surface area (Å²) in [4.78, 5) is 8.26. The van der Waals surface area contributed by atoms with Crippen molar-refractivity contribution in [3.8, 4) is 11.1 Å². The highest BCUT2D eigenvalue weighted by Gasteiger charge is 2.15. The molecule has 0 aliphatic rings. The highest BCUT2D eigenvalue weighted by atomic mass is 32.2. The van der Waals surface area contributed by atoms with Crippen LogP contribution >= 0.6 is 0 Å². The molecule has 9 heteroatoms. The topological polar surface area (TPSA) is 115 Å². The van der Waals surface area contributed by atoms with Gasteiger partial charge in [-0.25, -0.2) is 17.7 Å². The molecule has 0 saturated heterocycles. The number of nitrogens with zero attached hydrogens (tertiary/aromatic N) is 4. The largest absolute Gasteiger partial charge is 0.366 e. The number of pyridine rings is 2.